The molecule has 2 aliphatic rings. The third kappa shape index (κ3) is 4.47. The van der Waals surface area contributed by atoms with Crippen molar-refractivity contribution in [1.29, 1.82) is 0 Å². The van der Waals surface area contributed by atoms with Crippen LogP contribution < -0.4 is 0 Å². The van der Waals surface area contributed by atoms with Gasteiger partial charge in [-0.15, -0.1) is 0 Å². The molecule has 3 nitrogen and oxygen atoms in total. The fraction of sp³-hybridized carbons (Fsp3) is 0.455. The van der Waals surface area contributed by atoms with Gasteiger partial charge in [0.25, 0.3) is 0 Å². The number of benzene rings is 2. The summed E-state index contributed by atoms with van der Waals surface area (Å²) >= 11 is 0. The van der Waals surface area contributed by atoms with E-state index in [0.29, 0.717) is 19.8 Å². The molecule has 0 saturated carbocycles. The number of morpholine rings is 1. The van der Waals surface area contributed by atoms with Gasteiger partial charge in [-0.25, -0.2) is 4.39 Å². The Bertz CT molecular complexity index is 842. The highest BCUT2D eigenvalue weighted by Gasteiger charge is 2.47. The Hall–Kier alpha value is -1.96. The highest BCUT2D eigenvalue weighted by Crippen LogP contribution is 2.40. The average molecular weight is 409 g/mol. The number of alkyl halides is 3. The normalized spacial score (nSPS) is 27.8. The molecule has 156 valence electrons. The minimum atomic E-state index is -4.59. The minimum Gasteiger partial charge on any atom is -0.389 e. The van der Waals surface area contributed by atoms with E-state index in [1.807, 2.05) is 30.3 Å². The van der Waals surface area contributed by atoms with Gasteiger partial charge < -0.3 is 9.84 Å². The molecule has 0 amide bonds. The van der Waals surface area contributed by atoms with Crippen molar-refractivity contribution in [2.24, 2.45) is 0 Å². The average Bonchev–Trinajstić information content (AvgIpc) is 2.62. The number of aliphatic hydroxyl groups is 1. The van der Waals surface area contributed by atoms with Gasteiger partial charge >= 0.3 is 6.18 Å². The van der Waals surface area contributed by atoms with Crippen LogP contribution in [0.4, 0.5) is 17.6 Å². The Kier molecular flexibility index (Phi) is 5.40. The first kappa shape index (κ1) is 20.3. The summed E-state index contributed by atoms with van der Waals surface area (Å²) in [4.78, 5) is 2.27. The molecule has 2 atom stereocenters. The lowest BCUT2D eigenvalue weighted by Gasteiger charge is -2.52. The van der Waals surface area contributed by atoms with Crippen molar-refractivity contribution >= 4 is 0 Å². The summed E-state index contributed by atoms with van der Waals surface area (Å²) in [5.41, 5.74) is -1.28. The summed E-state index contributed by atoms with van der Waals surface area (Å²) in [7, 11) is 0. The van der Waals surface area contributed by atoms with E-state index in [0.717, 1.165) is 23.8 Å². The van der Waals surface area contributed by atoms with Crippen LogP contribution in [0.25, 0.3) is 0 Å². The molecule has 2 aliphatic heterocycles. The van der Waals surface area contributed by atoms with Gasteiger partial charge in [0, 0.05) is 25.0 Å². The first-order valence-corrected chi connectivity index (χ1v) is 9.69. The number of hydrogen-bond acceptors (Lipinski definition) is 3. The Morgan fingerprint density at radius 1 is 1.03 bits per heavy atom. The number of ether oxygens (including phenoxy) is 1. The van der Waals surface area contributed by atoms with Crippen LogP contribution in [-0.4, -0.2) is 40.9 Å². The van der Waals surface area contributed by atoms with Gasteiger partial charge in [0.15, 0.2) is 0 Å². The maximum Gasteiger partial charge on any atom is 0.416 e. The fourth-order valence-corrected chi connectivity index (χ4v) is 4.68. The number of hydrogen-bond donors (Lipinski definition) is 1. The zero-order valence-electron chi connectivity index (χ0n) is 15.8. The predicted molar refractivity (Wildman–Crippen MR) is 99.7 cm³/mol. The molecular formula is C22H23F4NO2. The second-order valence-corrected chi connectivity index (χ2v) is 8.11. The van der Waals surface area contributed by atoms with Gasteiger partial charge in [-0.3, -0.25) is 4.90 Å². The molecular weight excluding hydrogens is 386 g/mol. The zero-order chi connectivity index (χ0) is 20.6. The SMILES string of the molecule is OC1(Cc2cc(F)ccc2C(F)(F)F)CC2COCC(C1)N2Cc1ccccc1. The van der Waals surface area contributed by atoms with Crippen LogP contribution in [0.1, 0.15) is 29.5 Å². The molecule has 0 aromatic heterocycles. The topological polar surface area (TPSA) is 32.7 Å². The van der Waals surface area contributed by atoms with Crippen molar-refractivity contribution < 1.29 is 27.4 Å². The standard InChI is InChI=1S/C22H23F4NO2/c23-17-6-7-20(22(24,25)26)16(8-17)9-21(28)10-18-13-29-14-19(11-21)27(18)12-15-4-2-1-3-5-15/h1-8,18-19,28H,9-14H2. The van der Waals surface area contributed by atoms with Crippen molar-refractivity contribution in [3.8, 4) is 0 Å². The predicted octanol–water partition coefficient (Wildman–Crippen LogP) is 4.18. The van der Waals surface area contributed by atoms with E-state index in [9.17, 15) is 22.7 Å². The van der Waals surface area contributed by atoms with Crippen molar-refractivity contribution in [3.63, 3.8) is 0 Å². The monoisotopic (exact) mass is 409 g/mol. The molecule has 2 fully saturated rings. The van der Waals surface area contributed by atoms with E-state index in [4.69, 9.17) is 4.74 Å². The Morgan fingerprint density at radius 2 is 1.69 bits per heavy atom. The molecule has 7 heteroatoms. The van der Waals surface area contributed by atoms with Gasteiger partial charge in [-0.2, -0.15) is 13.2 Å². The van der Waals surface area contributed by atoms with Gasteiger partial charge in [-0.1, -0.05) is 30.3 Å². The van der Waals surface area contributed by atoms with Gasteiger partial charge in [-0.05, 0) is 42.2 Å². The lowest BCUT2D eigenvalue weighted by Crippen LogP contribution is -2.61. The van der Waals surface area contributed by atoms with E-state index in [-0.39, 0.29) is 36.9 Å². The van der Waals surface area contributed by atoms with Crippen LogP contribution in [0, 0.1) is 5.82 Å². The molecule has 2 aromatic carbocycles. The number of halogens is 4. The maximum absolute atomic E-state index is 13.7. The van der Waals surface area contributed by atoms with E-state index < -0.39 is 23.2 Å². The largest absolute Gasteiger partial charge is 0.416 e. The molecule has 2 bridgehead atoms. The van der Waals surface area contributed by atoms with Crippen molar-refractivity contribution in [3.05, 3.63) is 71.0 Å². The first-order chi connectivity index (χ1) is 13.7. The van der Waals surface area contributed by atoms with Crippen LogP contribution in [0.2, 0.25) is 0 Å². The third-order valence-electron chi connectivity index (χ3n) is 5.89. The molecule has 2 saturated heterocycles. The smallest absolute Gasteiger partial charge is 0.389 e. The Labute approximate surface area is 166 Å². The van der Waals surface area contributed by atoms with Gasteiger partial charge in [0.05, 0.1) is 24.4 Å². The number of nitrogens with zero attached hydrogens (tertiary/aromatic N) is 1. The molecule has 1 N–H and O–H groups in total. The Morgan fingerprint density at radius 3 is 2.31 bits per heavy atom. The molecule has 0 spiro atoms. The van der Waals surface area contributed by atoms with Gasteiger partial charge in [0.2, 0.25) is 0 Å². The third-order valence-corrected chi connectivity index (χ3v) is 5.89. The Balaban J connectivity index is 1.56. The summed E-state index contributed by atoms with van der Waals surface area (Å²) in [6.45, 7) is 1.53. The fourth-order valence-electron chi connectivity index (χ4n) is 4.68. The molecule has 2 aromatic rings. The molecule has 4 rings (SSSR count). The minimum absolute atomic E-state index is 0.101. The van der Waals surface area contributed by atoms with E-state index in [2.05, 4.69) is 4.90 Å². The summed E-state index contributed by atoms with van der Waals surface area (Å²) < 4.78 is 59.4. The summed E-state index contributed by atoms with van der Waals surface area (Å²) in [5, 5.41) is 11.2. The lowest BCUT2D eigenvalue weighted by molar-refractivity contribution is -0.148. The van der Waals surface area contributed by atoms with Crippen molar-refractivity contribution in [2.45, 2.75) is 49.7 Å². The zero-order valence-corrected chi connectivity index (χ0v) is 15.8. The van der Waals surface area contributed by atoms with Crippen LogP contribution in [0.15, 0.2) is 48.5 Å². The second kappa shape index (κ2) is 7.70. The molecule has 2 heterocycles. The number of piperidine rings is 1. The summed E-state index contributed by atoms with van der Waals surface area (Å²) in [6, 6.07) is 12.2. The molecule has 29 heavy (non-hydrogen) atoms. The molecule has 0 radical (unpaired) electrons. The maximum atomic E-state index is 13.7. The van der Waals surface area contributed by atoms with Crippen molar-refractivity contribution in [2.75, 3.05) is 13.2 Å². The molecule has 2 unspecified atom stereocenters. The number of rotatable bonds is 4. The summed E-state index contributed by atoms with van der Waals surface area (Å²) in [5.74, 6) is -0.735. The van der Waals surface area contributed by atoms with Crippen molar-refractivity contribution in [1.82, 2.24) is 4.90 Å². The number of fused-ring (bicyclic) bond motifs is 2. The quantitative estimate of drug-likeness (QED) is 0.769. The second-order valence-electron chi connectivity index (χ2n) is 8.11. The van der Waals surface area contributed by atoms with E-state index in [1.165, 1.54) is 0 Å². The highest BCUT2D eigenvalue weighted by molar-refractivity contribution is 5.32. The first-order valence-electron chi connectivity index (χ1n) is 9.69. The van der Waals surface area contributed by atoms with Crippen LogP contribution in [0.3, 0.4) is 0 Å². The van der Waals surface area contributed by atoms with E-state index in [1.54, 1.807) is 0 Å². The van der Waals surface area contributed by atoms with E-state index >= 15 is 0 Å². The molecule has 0 aliphatic carbocycles. The van der Waals surface area contributed by atoms with Crippen LogP contribution in [0.5, 0.6) is 0 Å². The van der Waals surface area contributed by atoms with Gasteiger partial charge in [0.1, 0.15) is 5.82 Å². The highest BCUT2D eigenvalue weighted by atomic mass is 19.4. The summed E-state index contributed by atoms with van der Waals surface area (Å²) in [6.07, 6.45) is -4.26. The van der Waals surface area contributed by atoms with Crippen LogP contribution >= 0.6 is 0 Å². The lowest BCUT2D eigenvalue weighted by atomic mass is 9.76. The van der Waals surface area contributed by atoms with Crippen LogP contribution in [-0.2, 0) is 23.9 Å².